The molecule has 0 fully saturated rings. The van der Waals surface area contributed by atoms with Gasteiger partial charge in [0, 0.05) is 6.42 Å². The summed E-state index contributed by atoms with van der Waals surface area (Å²) in [4.78, 5) is 25.2. The van der Waals surface area contributed by atoms with E-state index in [1.807, 2.05) is 36.4 Å². The molecule has 3 aromatic rings. The highest BCUT2D eigenvalue weighted by Crippen LogP contribution is 2.27. The highest BCUT2D eigenvalue weighted by atomic mass is 16.2. The topological polar surface area (TPSA) is 76.9 Å². The van der Waals surface area contributed by atoms with Crippen molar-refractivity contribution in [1.29, 1.82) is 0 Å². The molecule has 1 unspecified atom stereocenters. The molecule has 146 valence electrons. The SMILES string of the molecule is CCC(CC)C(NC(=O)CCn1nnc2ccccc2c1=O)c1ccccc1. The molecule has 28 heavy (non-hydrogen) atoms. The third kappa shape index (κ3) is 4.44. The Hall–Kier alpha value is -3.02. The lowest BCUT2D eigenvalue weighted by Crippen LogP contribution is -2.35. The zero-order valence-electron chi connectivity index (χ0n) is 16.3. The van der Waals surface area contributed by atoms with Gasteiger partial charge in [0.15, 0.2) is 0 Å². The minimum absolute atomic E-state index is 0.0388. The maximum atomic E-state index is 12.6. The maximum Gasteiger partial charge on any atom is 0.277 e. The summed E-state index contributed by atoms with van der Waals surface area (Å²) in [5.74, 6) is 0.261. The Labute approximate surface area is 164 Å². The van der Waals surface area contributed by atoms with Gasteiger partial charge in [-0.15, -0.1) is 5.10 Å². The van der Waals surface area contributed by atoms with E-state index < -0.39 is 0 Å². The molecule has 1 N–H and O–H groups in total. The maximum absolute atomic E-state index is 12.6. The lowest BCUT2D eigenvalue weighted by Gasteiger charge is -2.27. The number of rotatable bonds is 8. The largest absolute Gasteiger partial charge is 0.349 e. The predicted octanol–water partition coefficient (Wildman–Crippen LogP) is 3.48. The Balaban J connectivity index is 1.71. The Morgan fingerprint density at radius 1 is 1.04 bits per heavy atom. The highest BCUT2D eigenvalue weighted by molar-refractivity contribution is 5.77. The van der Waals surface area contributed by atoms with Crippen molar-refractivity contribution in [2.24, 2.45) is 5.92 Å². The van der Waals surface area contributed by atoms with E-state index in [4.69, 9.17) is 0 Å². The lowest BCUT2D eigenvalue weighted by molar-refractivity contribution is -0.122. The normalized spacial score (nSPS) is 12.2. The molecule has 1 atom stereocenters. The second-order valence-corrected chi connectivity index (χ2v) is 6.92. The van der Waals surface area contributed by atoms with Crippen molar-refractivity contribution in [3.63, 3.8) is 0 Å². The van der Waals surface area contributed by atoms with Gasteiger partial charge >= 0.3 is 0 Å². The Morgan fingerprint density at radius 2 is 1.71 bits per heavy atom. The standard InChI is InChI=1S/C22H26N4O2/c1-3-16(4-2)21(17-10-6-5-7-11-17)23-20(27)14-15-26-22(28)18-12-8-9-13-19(18)24-25-26/h5-13,16,21H,3-4,14-15H2,1-2H3,(H,23,27). The summed E-state index contributed by atoms with van der Waals surface area (Å²) >= 11 is 0. The van der Waals surface area contributed by atoms with E-state index in [2.05, 4.69) is 29.5 Å². The molecule has 1 aromatic heterocycles. The van der Waals surface area contributed by atoms with E-state index in [1.165, 1.54) is 4.68 Å². The van der Waals surface area contributed by atoms with Gasteiger partial charge in [0.1, 0.15) is 5.52 Å². The number of hydrogen-bond acceptors (Lipinski definition) is 4. The lowest BCUT2D eigenvalue weighted by atomic mass is 9.88. The minimum atomic E-state index is -0.224. The van der Waals surface area contributed by atoms with Crippen molar-refractivity contribution >= 4 is 16.8 Å². The van der Waals surface area contributed by atoms with Gasteiger partial charge in [0.05, 0.1) is 18.0 Å². The van der Waals surface area contributed by atoms with Crippen molar-refractivity contribution in [3.05, 3.63) is 70.5 Å². The number of aromatic nitrogens is 3. The van der Waals surface area contributed by atoms with Crippen LogP contribution in [0.3, 0.4) is 0 Å². The van der Waals surface area contributed by atoms with Crippen LogP contribution in [0.25, 0.3) is 10.9 Å². The number of fused-ring (bicyclic) bond motifs is 1. The number of benzene rings is 2. The van der Waals surface area contributed by atoms with Crippen LogP contribution in [-0.2, 0) is 11.3 Å². The molecule has 0 bridgehead atoms. The number of amides is 1. The van der Waals surface area contributed by atoms with Crippen molar-refractivity contribution in [3.8, 4) is 0 Å². The molecule has 1 heterocycles. The molecule has 0 aliphatic rings. The van der Waals surface area contributed by atoms with Gasteiger partial charge in [0.25, 0.3) is 5.56 Å². The molecule has 1 amide bonds. The van der Waals surface area contributed by atoms with Gasteiger partial charge in [-0.05, 0) is 23.6 Å². The number of carbonyl (C=O) groups excluding carboxylic acids is 1. The number of carbonyl (C=O) groups is 1. The molecular formula is C22H26N4O2. The number of hydrogen-bond donors (Lipinski definition) is 1. The van der Waals surface area contributed by atoms with E-state index in [9.17, 15) is 9.59 Å². The first-order valence-electron chi connectivity index (χ1n) is 9.80. The van der Waals surface area contributed by atoms with Crippen LogP contribution in [0.4, 0.5) is 0 Å². The summed E-state index contributed by atoms with van der Waals surface area (Å²) in [6, 6.07) is 17.1. The summed E-state index contributed by atoms with van der Waals surface area (Å²) < 4.78 is 1.26. The monoisotopic (exact) mass is 378 g/mol. The summed E-state index contributed by atoms with van der Waals surface area (Å²) in [7, 11) is 0. The van der Waals surface area contributed by atoms with Gasteiger partial charge in [-0.3, -0.25) is 9.59 Å². The molecule has 6 nitrogen and oxygen atoms in total. The molecule has 0 spiro atoms. The van der Waals surface area contributed by atoms with Crippen LogP contribution >= 0.6 is 0 Å². The third-order valence-electron chi connectivity index (χ3n) is 5.18. The minimum Gasteiger partial charge on any atom is -0.349 e. The van der Waals surface area contributed by atoms with Crippen LogP contribution in [0, 0.1) is 5.92 Å². The zero-order chi connectivity index (χ0) is 19.9. The summed E-state index contributed by atoms with van der Waals surface area (Å²) in [6.45, 7) is 4.48. The van der Waals surface area contributed by atoms with Crippen LogP contribution in [0.1, 0.15) is 44.7 Å². The molecule has 0 saturated heterocycles. The van der Waals surface area contributed by atoms with Gasteiger partial charge in [-0.2, -0.15) is 0 Å². The first-order chi connectivity index (χ1) is 13.6. The zero-order valence-corrected chi connectivity index (χ0v) is 16.3. The molecule has 3 rings (SSSR count). The molecule has 0 aliphatic carbocycles. The van der Waals surface area contributed by atoms with E-state index in [-0.39, 0.29) is 30.5 Å². The Kier molecular flexibility index (Phi) is 6.53. The van der Waals surface area contributed by atoms with Crippen molar-refractivity contribution in [2.75, 3.05) is 0 Å². The van der Waals surface area contributed by atoms with Gasteiger partial charge in [0.2, 0.25) is 5.91 Å². The fraction of sp³-hybridized carbons (Fsp3) is 0.364. The predicted molar refractivity (Wildman–Crippen MR) is 110 cm³/mol. The van der Waals surface area contributed by atoms with Gasteiger partial charge in [-0.25, -0.2) is 4.68 Å². The van der Waals surface area contributed by atoms with E-state index >= 15 is 0 Å². The molecule has 6 heteroatoms. The quantitative estimate of drug-likeness (QED) is 0.651. The first-order valence-corrected chi connectivity index (χ1v) is 9.80. The third-order valence-corrected chi connectivity index (χ3v) is 5.18. The second kappa shape index (κ2) is 9.26. The van der Waals surface area contributed by atoms with E-state index in [0.717, 1.165) is 18.4 Å². The Bertz CT molecular complexity index is 980. The smallest absolute Gasteiger partial charge is 0.277 e. The summed E-state index contributed by atoms with van der Waals surface area (Å²) in [5.41, 5.74) is 1.44. The average Bonchev–Trinajstić information content (AvgIpc) is 2.74. The van der Waals surface area contributed by atoms with Crippen molar-refractivity contribution in [1.82, 2.24) is 20.3 Å². The molecule has 0 aliphatic heterocycles. The fourth-order valence-corrected chi connectivity index (χ4v) is 3.52. The molecule has 0 saturated carbocycles. The van der Waals surface area contributed by atoms with Gasteiger partial charge < -0.3 is 5.32 Å². The van der Waals surface area contributed by atoms with E-state index in [1.54, 1.807) is 18.2 Å². The van der Waals surface area contributed by atoms with Crippen LogP contribution in [0.5, 0.6) is 0 Å². The summed E-state index contributed by atoms with van der Waals surface area (Å²) in [5, 5.41) is 11.7. The van der Waals surface area contributed by atoms with Crippen LogP contribution in [-0.4, -0.2) is 20.9 Å². The Morgan fingerprint density at radius 3 is 2.43 bits per heavy atom. The molecule has 0 radical (unpaired) electrons. The van der Waals surface area contributed by atoms with Crippen LogP contribution < -0.4 is 10.9 Å². The number of nitrogens with one attached hydrogen (secondary N) is 1. The first kappa shape index (κ1) is 19.7. The number of aryl methyl sites for hydroxylation is 1. The molecular weight excluding hydrogens is 352 g/mol. The summed E-state index contributed by atoms with van der Waals surface area (Å²) in [6.07, 6.45) is 2.13. The van der Waals surface area contributed by atoms with Crippen LogP contribution in [0.15, 0.2) is 59.4 Å². The van der Waals surface area contributed by atoms with Crippen molar-refractivity contribution < 1.29 is 4.79 Å². The average molecular weight is 378 g/mol. The van der Waals surface area contributed by atoms with Crippen molar-refractivity contribution in [2.45, 2.75) is 45.7 Å². The molecule has 2 aromatic carbocycles. The van der Waals surface area contributed by atoms with Gasteiger partial charge in [-0.1, -0.05) is 74.4 Å². The van der Waals surface area contributed by atoms with Crippen LogP contribution in [0.2, 0.25) is 0 Å². The second-order valence-electron chi connectivity index (χ2n) is 6.92. The van der Waals surface area contributed by atoms with E-state index in [0.29, 0.717) is 16.8 Å². The highest BCUT2D eigenvalue weighted by Gasteiger charge is 2.22. The fourth-order valence-electron chi connectivity index (χ4n) is 3.52. The number of nitrogens with zero attached hydrogens (tertiary/aromatic N) is 3.